The molecule has 9 nitrogen and oxygen atoms in total. The highest BCUT2D eigenvalue weighted by molar-refractivity contribution is 5.81. The van der Waals surface area contributed by atoms with Gasteiger partial charge < -0.3 is 24.9 Å². The van der Waals surface area contributed by atoms with Crippen LogP contribution >= 0.6 is 0 Å². The second-order valence-electron chi connectivity index (χ2n) is 5.75. The summed E-state index contributed by atoms with van der Waals surface area (Å²) in [5.41, 5.74) is 0. The number of carbonyl (C=O) groups excluding carboxylic acids is 4. The molecule has 0 saturated heterocycles. The summed E-state index contributed by atoms with van der Waals surface area (Å²) in [5, 5.41) is 11.1. The van der Waals surface area contributed by atoms with Crippen molar-refractivity contribution < 1.29 is 33.8 Å². The number of ketones is 1. The molecular weight excluding hydrogens is 344 g/mol. The summed E-state index contributed by atoms with van der Waals surface area (Å²) in [7, 11) is 0. The first-order chi connectivity index (χ1) is 12.3. The molecule has 2 N–H and O–H groups in total. The van der Waals surface area contributed by atoms with Gasteiger partial charge in [0.1, 0.15) is 12.4 Å². The molecule has 0 aliphatic rings. The zero-order chi connectivity index (χ0) is 19.9. The highest BCUT2D eigenvalue weighted by atomic mass is 16.5. The minimum atomic E-state index is -0.949. The molecule has 0 spiro atoms. The number of rotatable bonds is 14. The first kappa shape index (κ1) is 23.5. The summed E-state index contributed by atoms with van der Waals surface area (Å²) in [5.74, 6) is -1.94. The zero-order valence-corrected chi connectivity index (χ0v) is 15.4. The molecule has 0 saturated carbocycles. The predicted octanol–water partition coefficient (Wildman–Crippen LogP) is 0.509. The van der Waals surface area contributed by atoms with E-state index in [0.29, 0.717) is 0 Å². The van der Waals surface area contributed by atoms with E-state index in [-0.39, 0.29) is 82.4 Å². The fourth-order valence-electron chi connectivity index (χ4n) is 2.02. The lowest BCUT2D eigenvalue weighted by Gasteiger charge is -2.22. The first-order valence-electron chi connectivity index (χ1n) is 8.67. The van der Waals surface area contributed by atoms with Crippen molar-refractivity contribution in [3.05, 3.63) is 0 Å². The lowest BCUT2D eigenvalue weighted by Crippen LogP contribution is -2.40. The van der Waals surface area contributed by atoms with Gasteiger partial charge in [0.2, 0.25) is 11.8 Å². The van der Waals surface area contributed by atoms with Crippen LogP contribution in [0.4, 0.5) is 0 Å². The molecule has 0 radical (unpaired) electrons. The minimum absolute atomic E-state index is 0.0173. The summed E-state index contributed by atoms with van der Waals surface area (Å²) in [4.78, 5) is 57.6. The van der Waals surface area contributed by atoms with E-state index < -0.39 is 11.9 Å². The SMILES string of the molecule is CCC(=O)N(CCNC(=O)CCCC(=O)O)CCOC(=O)CCC(C)=O. The molecule has 0 heterocycles. The van der Waals surface area contributed by atoms with Crippen molar-refractivity contribution in [2.24, 2.45) is 0 Å². The number of esters is 1. The Balaban J connectivity index is 4.11. The molecule has 0 aromatic carbocycles. The monoisotopic (exact) mass is 372 g/mol. The molecule has 0 unspecified atom stereocenters. The third kappa shape index (κ3) is 12.9. The summed E-state index contributed by atoms with van der Waals surface area (Å²) < 4.78 is 4.99. The number of ether oxygens (including phenoxy) is 1. The minimum Gasteiger partial charge on any atom is -0.481 e. The molecule has 0 aliphatic heterocycles. The second-order valence-corrected chi connectivity index (χ2v) is 5.75. The lowest BCUT2D eigenvalue weighted by atomic mass is 10.2. The van der Waals surface area contributed by atoms with Crippen LogP contribution in [0.15, 0.2) is 0 Å². The Hall–Kier alpha value is -2.45. The molecule has 2 amide bonds. The normalized spacial score (nSPS) is 10.1. The predicted molar refractivity (Wildman–Crippen MR) is 92.2 cm³/mol. The number of nitrogens with zero attached hydrogens (tertiary/aromatic N) is 1. The number of hydrogen-bond donors (Lipinski definition) is 2. The molecule has 0 rings (SSSR count). The Morgan fingerprint density at radius 1 is 1.00 bits per heavy atom. The van der Waals surface area contributed by atoms with Gasteiger partial charge in [0.25, 0.3) is 0 Å². The van der Waals surface area contributed by atoms with Crippen molar-refractivity contribution >= 4 is 29.5 Å². The fraction of sp³-hybridized carbons (Fsp3) is 0.706. The van der Waals surface area contributed by atoms with E-state index >= 15 is 0 Å². The molecular formula is C17H28N2O7. The van der Waals surface area contributed by atoms with Gasteiger partial charge in [0, 0.05) is 38.8 Å². The summed E-state index contributed by atoms with van der Waals surface area (Å²) in [6, 6.07) is 0. The maximum absolute atomic E-state index is 11.9. The zero-order valence-electron chi connectivity index (χ0n) is 15.4. The Kier molecular flexibility index (Phi) is 12.5. The molecule has 9 heteroatoms. The van der Waals surface area contributed by atoms with Crippen LogP contribution in [0.2, 0.25) is 0 Å². The van der Waals surface area contributed by atoms with Gasteiger partial charge >= 0.3 is 11.9 Å². The quantitative estimate of drug-likeness (QED) is 0.425. The summed E-state index contributed by atoms with van der Waals surface area (Å²) in [6.45, 7) is 3.82. The van der Waals surface area contributed by atoms with Crippen LogP contribution in [0.3, 0.4) is 0 Å². The molecule has 148 valence electrons. The number of Topliss-reactive ketones (excluding diaryl/α,β-unsaturated/α-hetero) is 1. The van der Waals surface area contributed by atoms with Crippen molar-refractivity contribution in [3.8, 4) is 0 Å². The van der Waals surface area contributed by atoms with E-state index in [1.54, 1.807) is 6.92 Å². The second kappa shape index (κ2) is 13.8. The number of carboxylic acids is 1. The Morgan fingerprint density at radius 2 is 1.69 bits per heavy atom. The number of hydrogen-bond acceptors (Lipinski definition) is 6. The number of carboxylic acid groups (broad SMARTS) is 1. The van der Waals surface area contributed by atoms with Crippen molar-refractivity contribution in [1.29, 1.82) is 0 Å². The van der Waals surface area contributed by atoms with Gasteiger partial charge in [-0.2, -0.15) is 0 Å². The van der Waals surface area contributed by atoms with E-state index in [1.807, 2.05) is 0 Å². The van der Waals surface area contributed by atoms with E-state index in [9.17, 15) is 24.0 Å². The van der Waals surface area contributed by atoms with Crippen LogP contribution in [-0.4, -0.2) is 65.8 Å². The van der Waals surface area contributed by atoms with Crippen molar-refractivity contribution in [3.63, 3.8) is 0 Å². The summed E-state index contributed by atoms with van der Waals surface area (Å²) in [6.07, 6.45) is 0.734. The maximum Gasteiger partial charge on any atom is 0.306 e. The van der Waals surface area contributed by atoms with Gasteiger partial charge in [-0.3, -0.25) is 19.2 Å². The average molecular weight is 372 g/mol. The fourth-order valence-corrected chi connectivity index (χ4v) is 2.02. The van der Waals surface area contributed by atoms with Crippen LogP contribution in [0.5, 0.6) is 0 Å². The lowest BCUT2D eigenvalue weighted by molar-refractivity contribution is -0.146. The number of carbonyl (C=O) groups is 5. The smallest absolute Gasteiger partial charge is 0.306 e. The van der Waals surface area contributed by atoms with Crippen LogP contribution in [0.1, 0.15) is 52.4 Å². The molecule has 0 fully saturated rings. The molecule has 0 atom stereocenters. The van der Waals surface area contributed by atoms with Gasteiger partial charge in [-0.05, 0) is 13.3 Å². The Labute approximate surface area is 153 Å². The first-order valence-corrected chi connectivity index (χ1v) is 8.67. The van der Waals surface area contributed by atoms with Gasteiger partial charge in [0.05, 0.1) is 13.0 Å². The average Bonchev–Trinajstić information content (AvgIpc) is 2.57. The molecule has 0 aromatic rings. The van der Waals surface area contributed by atoms with Crippen LogP contribution < -0.4 is 5.32 Å². The Bertz CT molecular complexity index is 505. The van der Waals surface area contributed by atoms with E-state index in [0.717, 1.165) is 0 Å². The van der Waals surface area contributed by atoms with Crippen molar-refractivity contribution in [2.75, 3.05) is 26.2 Å². The summed E-state index contributed by atoms with van der Waals surface area (Å²) >= 11 is 0. The molecule has 0 aromatic heterocycles. The molecule has 0 bridgehead atoms. The van der Waals surface area contributed by atoms with Gasteiger partial charge in [0.15, 0.2) is 0 Å². The van der Waals surface area contributed by atoms with Crippen molar-refractivity contribution in [1.82, 2.24) is 10.2 Å². The Morgan fingerprint density at radius 3 is 2.27 bits per heavy atom. The van der Waals surface area contributed by atoms with E-state index in [4.69, 9.17) is 9.84 Å². The van der Waals surface area contributed by atoms with Gasteiger partial charge in [-0.1, -0.05) is 6.92 Å². The number of aliphatic carboxylic acids is 1. The van der Waals surface area contributed by atoms with Crippen LogP contribution in [0.25, 0.3) is 0 Å². The van der Waals surface area contributed by atoms with Gasteiger partial charge in [-0.15, -0.1) is 0 Å². The van der Waals surface area contributed by atoms with Gasteiger partial charge in [-0.25, -0.2) is 0 Å². The highest BCUT2D eigenvalue weighted by Crippen LogP contribution is 1.98. The maximum atomic E-state index is 11.9. The standard InChI is InChI=1S/C17H28N2O7/c1-3-15(22)19(11-12-26-17(25)8-7-13(2)20)10-9-18-14(21)5-4-6-16(23)24/h3-12H2,1-2H3,(H,18,21)(H,23,24). The van der Waals surface area contributed by atoms with Crippen molar-refractivity contribution in [2.45, 2.75) is 52.4 Å². The number of nitrogens with one attached hydrogen (secondary N) is 1. The third-order valence-corrected chi connectivity index (χ3v) is 3.46. The highest BCUT2D eigenvalue weighted by Gasteiger charge is 2.13. The molecule has 26 heavy (non-hydrogen) atoms. The topological polar surface area (TPSA) is 130 Å². The van der Waals surface area contributed by atoms with Crippen LogP contribution in [0, 0.1) is 0 Å². The largest absolute Gasteiger partial charge is 0.481 e. The third-order valence-electron chi connectivity index (χ3n) is 3.46. The van der Waals surface area contributed by atoms with E-state index in [2.05, 4.69) is 5.32 Å². The van der Waals surface area contributed by atoms with E-state index in [1.165, 1.54) is 11.8 Å². The molecule has 0 aliphatic carbocycles. The number of amides is 2. The van der Waals surface area contributed by atoms with Crippen LogP contribution in [-0.2, 0) is 28.7 Å².